The standard InChI is InChI=1S/C13H19NS/c1-9-4-5-12(10(2)8-9)13-14-11(3)6-7-15-13/h4-5,8,11,13-14H,6-7H2,1-3H3. The summed E-state index contributed by atoms with van der Waals surface area (Å²) in [6.45, 7) is 6.64. The molecule has 1 heterocycles. The molecule has 0 radical (unpaired) electrons. The lowest BCUT2D eigenvalue weighted by Crippen LogP contribution is -2.33. The van der Waals surface area contributed by atoms with E-state index < -0.39 is 0 Å². The van der Waals surface area contributed by atoms with Crippen LogP contribution in [0.2, 0.25) is 0 Å². The predicted octanol–water partition coefficient (Wildman–Crippen LogP) is 3.42. The van der Waals surface area contributed by atoms with Crippen LogP contribution in [0.25, 0.3) is 0 Å². The van der Waals surface area contributed by atoms with Crippen LogP contribution in [0.5, 0.6) is 0 Å². The molecule has 1 aliphatic rings. The van der Waals surface area contributed by atoms with Crippen LogP contribution < -0.4 is 5.32 Å². The zero-order valence-corrected chi connectivity index (χ0v) is 10.5. The Morgan fingerprint density at radius 1 is 1.33 bits per heavy atom. The Morgan fingerprint density at radius 2 is 2.13 bits per heavy atom. The summed E-state index contributed by atoms with van der Waals surface area (Å²) in [4.78, 5) is 0. The van der Waals surface area contributed by atoms with E-state index in [0.717, 1.165) is 0 Å². The molecule has 2 unspecified atom stereocenters. The fraction of sp³-hybridized carbons (Fsp3) is 0.538. The number of hydrogen-bond donors (Lipinski definition) is 1. The van der Waals surface area contributed by atoms with Gasteiger partial charge in [-0.1, -0.05) is 23.8 Å². The lowest BCUT2D eigenvalue weighted by Gasteiger charge is -2.29. The molecule has 0 aromatic heterocycles. The van der Waals surface area contributed by atoms with Crippen molar-refractivity contribution in [3.8, 4) is 0 Å². The molecule has 2 heteroatoms. The van der Waals surface area contributed by atoms with Crippen molar-refractivity contribution in [1.29, 1.82) is 0 Å². The minimum Gasteiger partial charge on any atom is -0.299 e. The van der Waals surface area contributed by atoms with Gasteiger partial charge in [0.1, 0.15) is 0 Å². The van der Waals surface area contributed by atoms with Crippen LogP contribution in [0.4, 0.5) is 0 Å². The molecule has 1 nitrogen and oxygen atoms in total. The van der Waals surface area contributed by atoms with E-state index in [1.807, 2.05) is 11.8 Å². The van der Waals surface area contributed by atoms with Crippen molar-refractivity contribution in [2.45, 2.75) is 38.6 Å². The third-order valence-electron chi connectivity index (χ3n) is 2.98. The fourth-order valence-corrected chi connectivity index (χ4v) is 3.55. The maximum Gasteiger partial charge on any atom is 0.0793 e. The van der Waals surface area contributed by atoms with Crippen LogP contribution in [-0.2, 0) is 0 Å². The first-order chi connectivity index (χ1) is 7.16. The number of benzene rings is 1. The van der Waals surface area contributed by atoms with E-state index in [1.165, 1.54) is 28.9 Å². The minimum atomic E-state index is 0.495. The summed E-state index contributed by atoms with van der Waals surface area (Å²) in [6.07, 6.45) is 1.28. The largest absolute Gasteiger partial charge is 0.299 e. The summed E-state index contributed by atoms with van der Waals surface area (Å²) in [6, 6.07) is 7.41. The van der Waals surface area contributed by atoms with Gasteiger partial charge in [0, 0.05) is 6.04 Å². The Kier molecular flexibility index (Phi) is 3.37. The highest BCUT2D eigenvalue weighted by Crippen LogP contribution is 2.33. The highest BCUT2D eigenvalue weighted by molar-refractivity contribution is 7.99. The minimum absolute atomic E-state index is 0.495. The molecule has 2 rings (SSSR count). The van der Waals surface area contributed by atoms with Gasteiger partial charge in [-0.05, 0) is 44.1 Å². The number of hydrogen-bond acceptors (Lipinski definition) is 2. The molecule has 2 atom stereocenters. The second-order valence-corrected chi connectivity index (χ2v) is 5.68. The zero-order valence-electron chi connectivity index (χ0n) is 9.71. The second-order valence-electron chi connectivity index (χ2n) is 4.47. The molecule has 0 spiro atoms. The van der Waals surface area contributed by atoms with Crippen LogP contribution in [0.3, 0.4) is 0 Å². The van der Waals surface area contributed by atoms with Crippen molar-refractivity contribution < 1.29 is 0 Å². The Hall–Kier alpha value is -0.470. The first-order valence-electron chi connectivity index (χ1n) is 5.61. The van der Waals surface area contributed by atoms with Crippen LogP contribution in [0.1, 0.15) is 35.4 Å². The van der Waals surface area contributed by atoms with Crippen LogP contribution in [-0.4, -0.2) is 11.8 Å². The van der Waals surface area contributed by atoms with Crippen molar-refractivity contribution in [3.05, 3.63) is 34.9 Å². The Morgan fingerprint density at radius 3 is 2.80 bits per heavy atom. The normalized spacial score (nSPS) is 26.6. The van der Waals surface area contributed by atoms with Gasteiger partial charge in [0.15, 0.2) is 0 Å². The monoisotopic (exact) mass is 221 g/mol. The molecular formula is C13H19NS. The Bertz CT molecular complexity index is 348. The number of nitrogens with one attached hydrogen (secondary N) is 1. The zero-order chi connectivity index (χ0) is 10.8. The number of thioether (sulfide) groups is 1. The van der Waals surface area contributed by atoms with Gasteiger partial charge in [-0.2, -0.15) is 0 Å². The predicted molar refractivity (Wildman–Crippen MR) is 68.3 cm³/mol. The van der Waals surface area contributed by atoms with E-state index in [9.17, 15) is 0 Å². The van der Waals surface area contributed by atoms with E-state index in [1.54, 1.807) is 0 Å². The summed E-state index contributed by atoms with van der Waals surface area (Å²) in [5.74, 6) is 1.27. The molecule has 1 aromatic rings. The molecule has 1 aromatic carbocycles. The van der Waals surface area contributed by atoms with Gasteiger partial charge in [0.05, 0.1) is 5.37 Å². The van der Waals surface area contributed by atoms with Gasteiger partial charge < -0.3 is 0 Å². The van der Waals surface area contributed by atoms with Gasteiger partial charge in [0.2, 0.25) is 0 Å². The Labute approximate surface area is 96.7 Å². The molecule has 1 fully saturated rings. The lowest BCUT2D eigenvalue weighted by molar-refractivity contribution is 0.511. The molecule has 1 aliphatic heterocycles. The van der Waals surface area contributed by atoms with E-state index in [-0.39, 0.29) is 0 Å². The second kappa shape index (κ2) is 4.58. The third-order valence-corrected chi connectivity index (χ3v) is 4.17. The van der Waals surface area contributed by atoms with Crippen molar-refractivity contribution in [3.63, 3.8) is 0 Å². The molecule has 0 amide bonds. The topological polar surface area (TPSA) is 12.0 Å². The summed E-state index contributed by atoms with van der Waals surface area (Å²) >= 11 is 2.03. The van der Waals surface area contributed by atoms with Crippen molar-refractivity contribution in [2.24, 2.45) is 0 Å². The van der Waals surface area contributed by atoms with Gasteiger partial charge in [-0.3, -0.25) is 5.32 Å². The molecule has 0 bridgehead atoms. The quantitative estimate of drug-likeness (QED) is 0.780. The smallest absolute Gasteiger partial charge is 0.0793 e. The SMILES string of the molecule is Cc1ccc(C2NC(C)CCS2)c(C)c1. The molecule has 0 saturated carbocycles. The highest BCUT2D eigenvalue weighted by Gasteiger charge is 2.20. The van der Waals surface area contributed by atoms with Gasteiger partial charge in [0.25, 0.3) is 0 Å². The lowest BCUT2D eigenvalue weighted by atomic mass is 10.0. The van der Waals surface area contributed by atoms with E-state index in [2.05, 4.69) is 44.3 Å². The maximum absolute atomic E-state index is 3.66. The van der Waals surface area contributed by atoms with E-state index >= 15 is 0 Å². The average Bonchev–Trinajstić information content (AvgIpc) is 2.17. The van der Waals surface area contributed by atoms with Gasteiger partial charge in [-0.15, -0.1) is 11.8 Å². The number of rotatable bonds is 1. The number of aryl methyl sites for hydroxylation is 2. The van der Waals surface area contributed by atoms with Crippen LogP contribution >= 0.6 is 11.8 Å². The first kappa shape index (κ1) is 11.0. The maximum atomic E-state index is 3.66. The molecule has 0 aliphatic carbocycles. The van der Waals surface area contributed by atoms with Gasteiger partial charge in [-0.25, -0.2) is 0 Å². The average molecular weight is 221 g/mol. The summed E-state index contributed by atoms with van der Waals surface area (Å²) < 4.78 is 0. The van der Waals surface area contributed by atoms with Crippen LogP contribution in [0, 0.1) is 13.8 Å². The van der Waals surface area contributed by atoms with E-state index in [4.69, 9.17) is 0 Å². The van der Waals surface area contributed by atoms with Gasteiger partial charge >= 0.3 is 0 Å². The highest BCUT2D eigenvalue weighted by atomic mass is 32.2. The summed E-state index contributed by atoms with van der Waals surface area (Å²) in [7, 11) is 0. The molecule has 82 valence electrons. The van der Waals surface area contributed by atoms with Crippen molar-refractivity contribution in [1.82, 2.24) is 5.32 Å². The fourth-order valence-electron chi connectivity index (χ4n) is 2.05. The van der Waals surface area contributed by atoms with Crippen molar-refractivity contribution in [2.75, 3.05) is 5.75 Å². The summed E-state index contributed by atoms with van der Waals surface area (Å²) in [5.41, 5.74) is 4.22. The first-order valence-corrected chi connectivity index (χ1v) is 6.66. The molecular weight excluding hydrogens is 202 g/mol. The van der Waals surface area contributed by atoms with Crippen molar-refractivity contribution >= 4 is 11.8 Å². The Balaban J connectivity index is 2.21. The molecule has 1 saturated heterocycles. The van der Waals surface area contributed by atoms with E-state index in [0.29, 0.717) is 11.4 Å². The third kappa shape index (κ3) is 2.56. The molecule has 15 heavy (non-hydrogen) atoms. The van der Waals surface area contributed by atoms with Crippen LogP contribution in [0.15, 0.2) is 18.2 Å². The molecule has 1 N–H and O–H groups in total. The summed E-state index contributed by atoms with van der Waals surface area (Å²) in [5, 5.41) is 4.15.